The van der Waals surface area contributed by atoms with Gasteiger partial charge >= 0.3 is 0 Å². The second-order valence-electron chi connectivity index (χ2n) is 7.83. The normalized spacial score (nSPS) is 17.3. The van der Waals surface area contributed by atoms with Crippen molar-refractivity contribution in [2.24, 2.45) is 0 Å². The molecule has 1 aliphatic heterocycles. The number of unbranched alkanes of at least 4 members (excludes halogenated alkanes) is 1. The molecule has 1 fully saturated rings. The number of likely N-dealkylation sites (tertiary alicyclic amines) is 1. The van der Waals surface area contributed by atoms with Gasteiger partial charge in [0.2, 0.25) is 0 Å². The van der Waals surface area contributed by atoms with Crippen LogP contribution in [0.1, 0.15) is 50.3 Å². The molecule has 1 atom stereocenters. The smallest absolute Gasteiger partial charge is 0.295 e. The van der Waals surface area contributed by atoms with Gasteiger partial charge in [-0.25, -0.2) is 0 Å². The summed E-state index contributed by atoms with van der Waals surface area (Å²) in [4.78, 5) is 27.6. The van der Waals surface area contributed by atoms with E-state index < -0.39 is 17.7 Å². The summed E-state index contributed by atoms with van der Waals surface area (Å²) in [6.07, 6.45) is 2.50. The Balaban J connectivity index is 2.12. The zero-order valence-electron chi connectivity index (χ0n) is 19.6. The van der Waals surface area contributed by atoms with Gasteiger partial charge in [0.15, 0.2) is 0 Å². The first-order valence-electron chi connectivity index (χ1n) is 11.2. The molecule has 1 saturated heterocycles. The van der Waals surface area contributed by atoms with Crippen LogP contribution in [0.15, 0.2) is 48.0 Å². The maximum atomic E-state index is 13.1. The van der Waals surface area contributed by atoms with E-state index in [9.17, 15) is 14.7 Å². The van der Waals surface area contributed by atoms with Crippen molar-refractivity contribution in [1.29, 1.82) is 0 Å². The van der Waals surface area contributed by atoms with E-state index in [1.54, 1.807) is 18.2 Å². The van der Waals surface area contributed by atoms with Gasteiger partial charge < -0.3 is 24.2 Å². The SMILES string of the molecule is CCCCN1C(=O)C(=O)/C(=C(\O)c2ccc(OC)cc2OC)C1c1ccc(OCCC)cc1. The molecule has 176 valence electrons. The maximum Gasteiger partial charge on any atom is 0.295 e. The van der Waals surface area contributed by atoms with E-state index in [0.717, 1.165) is 24.8 Å². The Bertz CT molecular complexity index is 1030. The third kappa shape index (κ3) is 4.97. The van der Waals surface area contributed by atoms with Gasteiger partial charge in [-0.3, -0.25) is 9.59 Å². The number of rotatable bonds is 10. The van der Waals surface area contributed by atoms with Gasteiger partial charge in [0.25, 0.3) is 11.7 Å². The van der Waals surface area contributed by atoms with E-state index in [-0.39, 0.29) is 11.3 Å². The molecule has 3 rings (SSSR count). The van der Waals surface area contributed by atoms with E-state index in [1.165, 1.54) is 19.1 Å². The van der Waals surface area contributed by atoms with E-state index in [1.807, 2.05) is 38.1 Å². The zero-order chi connectivity index (χ0) is 24.0. The number of carbonyl (C=O) groups is 2. The minimum absolute atomic E-state index is 0.0433. The minimum Gasteiger partial charge on any atom is -0.507 e. The molecule has 0 aromatic heterocycles. The number of Topliss-reactive ketones (excluding diaryl/α,β-unsaturated/α-hetero) is 1. The topological polar surface area (TPSA) is 85.3 Å². The molecular formula is C26H31NO6. The number of hydrogen-bond donors (Lipinski definition) is 1. The summed E-state index contributed by atoms with van der Waals surface area (Å²) in [7, 11) is 3.00. The Morgan fingerprint density at radius 1 is 0.970 bits per heavy atom. The Kier molecular flexibility index (Phi) is 7.98. The lowest BCUT2D eigenvalue weighted by atomic mass is 9.94. The van der Waals surface area contributed by atoms with Crippen LogP contribution >= 0.6 is 0 Å². The number of amides is 1. The summed E-state index contributed by atoms with van der Waals surface area (Å²) in [6, 6.07) is 11.5. The summed E-state index contributed by atoms with van der Waals surface area (Å²) in [5.41, 5.74) is 1.09. The van der Waals surface area contributed by atoms with Crippen LogP contribution in [0.5, 0.6) is 17.2 Å². The molecule has 0 saturated carbocycles. The average molecular weight is 454 g/mol. The maximum absolute atomic E-state index is 13.1. The fraction of sp³-hybridized carbons (Fsp3) is 0.385. The van der Waals surface area contributed by atoms with E-state index in [4.69, 9.17) is 14.2 Å². The zero-order valence-corrected chi connectivity index (χ0v) is 19.6. The number of aliphatic hydroxyl groups excluding tert-OH is 1. The molecular weight excluding hydrogens is 422 g/mol. The van der Waals surface area contributed by atoms with Gasteiger partial charge in [-0.05, 0) is 42.7 Å². The van der Waals surface area contributed by atoms with Crippen LogP contribution in [0.25, 0.3) is 5.76 Å². The summed E-state index contributed by atoms with van der Waals surface area (Å²) >= 11 is 0. The number of aliphatic hydroxyl groups is 1. The van der Waals surface area contributed by atoms with Crippen LogP contribution in [0.3, 0.4) is 0 Å². The van der Waals surface area contributed by atoms with Crippen molar-refractivity contribution < 1.29 is 28.9 Å². The molecule has 7 nitrogen and oxygen atoms in total. The molecule has 1 heterocycles. The summed E-state index contributed by atoms with van der Waals surface area (Å²) < 4.78 is 16.3. The summed E-state index contributed by atoms with van der Waals surface area (Å²) in [6.45, 7) is 5.07. The summed E-state index contributed by atoms with van der Waals surface area (Å²) in [5, 5.41) is 11.3. The average Bonchev–Trinajstić information content (AvgIpc) is 3.10. The van der Waals surface area contributed by atoms with Crippen LogP contribution < -0.4 is 14.2 Å². The Morgan fingerprint density at radius 2 is 1.67 bits per heavy atom. The fourth-order valence-corrected chi connectivity index (χ4v) is 3.89. The third-order valence-corrected chi connectivity index (χ3v) is 5.63. The highest BCUT2D eigenvalue weighted by Gasteiger charge is 2.46. The monoisotopic (exact) mass is 453 g/mol. The summed E-state index contributed by atoms with van der Waals surface area (Å²) in [5.74, 6) is -0.00245. The van der Waals surface area contributed by atoms with Crippen molar-refractivity contribution in [3.8, 4) is 17.2 Å². The molecule has 1 amide bonds. The standard InChI is InChI=1S/C26H31NO6/c1-5-7-14-27-23(17-8-10-18(11-9-17)33-15-6-2)22(25(29)26(27)30)24(28)20-13-12-19(31-3)16-21(20)32-4/h8-13,16,23,28H,5-7,14-15H2,1-4H3/b24-22-. The van der Waals surface area contributed by atoms with E-state index >= 15 is 0 Å². The second kappa shape index (κ2) is 10.9. The number of nitrogens with zero attached hydrogens (tertiary/aromatic N) is 1. The number of methoxy groups -OCH3 is 2. The fourth-order valence-electron chi connectivity index (χ4n) is 3.89. The van der Waals surface area contributed by atoms with Gasteiger partial charge in [-0.15, -0.1) is 0 Å². The second-order valence-corrected chi connectivity index (χ2v) is 7.83. The first-order valence-corrected chi connectivity index (χ1v) is 11.2. The van der Waals surface area contributed by atoms with Crippen LogP contribution in [-0.4, -0.2) is 49.1 Å². The van der Waals surface area contributed by atoms with Crippen molar-refractivity contribution in [3.63, 3.8) is 0 Å². The molecule has 2 aromatic carbocycles. The lowest BCUT2D eigenvalue weighted by molar-refractivity contribution is -0.139. The van der Waals surface area contributed by atoms with Crippen LogP contribution in [-0.2, 0) is 9.59 Å². The molecule has 0 bridgehead atoms. The molecule has 7 heteroatoms. The predicted molar refractivity (Wildman–Crippen MR) is 126 cm³/mol. The van der Waals surface area contributed by atoms with Crippen molar-refractivity contribution in [2.75, 3.05) is 27.4 Å². The molecule has 0 radical (unpaired) electrons. The first-order chi connectivity index (χ1) is 16.0. The Morgan fingerprint density at radius 3 is 2.27 bits per heavy atom. The minimum atomic E-state index is -0.710. The highest BCUT2D eigenvalue weighted by atomic mass is 16.5. The number of carbonyl (C=O) groups excluding carboxylic acids is 2. The lowest BCUT2D eigenvalue weighted by Crippen LogP contribution is -2.30. The first kappa shape index (κ1) is 24.2. The Labute approximate surface area is 194 Å². The molecule has 1 aliphatic rings. The van der Waals surface area contributed by atoms with Crippen molar-refractivity contribution >= 4 is 17.4 Å². The van der Waals surface area contributed by atoms with Crippen molar-refractivity contribution in [1.82, 2.24) is 4.90 Å². The number of benzene rings is 2. The number of ether oxygens (including phenoxy) is 3. The number of ketones is 1. The van der Waals surface area contributed by atoms with Crippen LogP contribution in [0, 0.1) is 0 Å². The van der Waals surface area contributed by atoms with Gasteiger partial charge in [0.1, 0.15) is 23.0 Å². The molecule has 2 aromatic rings. The molecule has 1 N–H and O–H groups in total. The highest BCUT2D eigenvalue weighted by molar-refractivity contribution is 6.46. The van der Waals surface area contributed by atoms with Crippen LogP contribution in [0.2, 0.25) is 0 Å². The molecule has 1 unspecified atom stereocenters. The Hall–Kier alpha value is -3.48. The predicted octanol–water partition coefficient (Wildman–Crippen LogP) is 4.71. The van der Waals surface area contributed by atoms with Crippen molar-refractivity contribution in [3.05, 3.63) is 59.2 Å². The largest absolute Gasteiger partial charge is 0.507 e. The van der Waals surface area contributed by atoms with Crippen LogP contribution in [0.4, 0.5) is 0 Å². The van der Waals surface area contributed by atoms with Gasteiger partial charge in [-0.2, -0.15) is 0 Å². The van der Waals surface area contributed by atoms with Crippen molar-refractivity contribution in [2.45, 2.75) is 39.2 Å². The van der Waals surface area contributed by atoms with Gasteiger partial charge in [0.05, 0.1) is 38.0 Å². The van der Waals surface area contributed by atoms with Gasteiger partial charge in [0, 0.05) is 12.6 Å². The lowest BCUT2D eigenvalue weighted by Gasteiger charge is -2.25. The van der Waals surface area contributed by atoms with E-state index in [2.05, 4.69) is 0 Å². The van der Waals surface area contributed by atoms with Gasteiger partial charge in [-0.1, -0.05) is 32.4 Å². The van der Waals surface area contributed by atoms with E-state index in [0.29, 0.717) is 36.0 Å². The quantitative estimate of drug-likeness (QED) is 0.318. The molecule has 0 spiro atoms. The highest BCUT2D eigenvalue weighted by Crippen LogP contribution is 2.42. The third-order valence-electron chi connectivity index (χ3n) is 5.63. The molecule has 0 aliphatic carbocycles. The molecule has 33 heavy (non-hydrogen) atoms. The number of hydrogen-bond acceptors (Lipinski definition) is 6.